The van der Waals surface area contributed by atoms with E-state index in [2.05, 4.69) is 38.1 Å². The second-order valence-electron chi connectivity index (χ2n) is 5.38. The molecule has 0 aliphatic rings. The highest BCUT2D eigenvalue weighted by Gasteiger charge is 2.16. The van der Waals surface area contributed by atoms with Crippen molar-refractivity contribution in [1.82, 2.24) is 0 Å². The summed E-state index contributed by atoms with van der Waals surface area (Å²) in [7, 11) is 0. The molecule has 2 unspecified atom stereocenters. The quantitative estimate of drug-likeness (QED) is 0.872. The summed E-state index contributed by atoms with van der Waals surface area (Å²) in [6, 6.07) is 16.3. The standard InChI is InChI=1S/C18H22O2/c1-13(17-7-3-15(11-19)4-8-17)14(2)18-9-5-16(12-20)6-10-18/h3-10,13-14,19-20H,11-12H2,1-2H3. The SMILES string of the molecule is CC(c1ccc(CO)cc1)C(C)c1ccc(CO)cc1. The average Bonchev–Trinajstić information content (AvgIpc) is 2.53. The molecule has 106 valence electrons. The molecule has 0 heterocycles. The average molecular weight is 270 g/mol. The summed E-state index contributed by atoms with van der Waals surface area (Å²) >= 11 is 0. The van der Waals surface area contributed by atoms with Crippen molar-refractivity contribution in [3.8, 4) is 0 Å². The highest BCUT2D eigenvalue weighted by atomic mass is 16.3. The van der Waals surface area contributed by atoms with E-state index in [0.29, 0.717) is 11.8 Å². The van der Waals surface area contributed by atoms with Crippen molar-refractivity contribution in [2.45, 2.75) is 38.9 Å². The molecular formula is C18H22O2. The lowest BCUT2D eigenvalue weighted by atomic mass is 9.83. The lowest BCUT2D eigenvalue weighted by Gasteiger charge is -2.21. The first-order valence-corrected chi connectivity index (χ1v) is 7.05. The Kier molecular flexibility index (Phi) is 4.94. The third-order valence-electron chi connectivity index (χ3n) is 4.13. The molecule has 0 amide bonds. The van der Waals surface area contributed by atoms with Crippen LogP contribution in [0.3, 0.4) is 0 Å². The van der Waals surface area contributed by atoms with E-state index >= 15 is 0 Å². The largest absolute Gasteiger partial charge is 0.392 e. The van der Waals surface area contributed by atoms with Gasteiger partial charge in [-0.3, -0.25) is 0 Å². The van der Waals surface area contributed by atoms with E-state index in [1.165, 1.54) is 11.1 Å². The number of benzene rings is 2. The van der Waals surface area contributed by atoms with E-state index in [1.807, 2.05) is 24.3 Å². The van der Waals surface area contributed by atoms with Crippen molar-refractivity contribution < 1.29 is 10.2 Å². The first-order chi connectivity index (χ1) is 9.65. The van der Waals surface area contributed by atoms with Crippen LogP contribution in [0.15, 0.2) is 48.5 Å². The smallest absolute Gasteiger partial charge is 0.0681 e. The van der Waals surface area contributed by atoms with Gasteiger partial charge < -0.3 is 10.2 Å². The second-order valence-corrected chi connectivity index (χ2v) is 5.38. The van der Waals surface area contributed by atoms with Crippen LogP contribution in [0.4, 0.5) is 0 Å². The van der Waals surface area contributed by atoms with Crippen LogP contribution in [0.25, 0.3) is 0 Å². The molecule has 20 heavy (non-hydrogen) atoms. The van der Waals surface area contributed by atoms with E-state index in [9.17, 15) is 0 Å². The predicted molar refractivity (Wildman–Crippen MR) is 81.6 cm³/mol. The lowest BCUT2D eigenvalue weighted by Crippen LogP contribution is -2.05. The highest BCUT2D eigenvalue weighted by Crippen LogP contribution is 2.32. The van der Waals surface area contributed by atoms with Gasteiger partial charge in [0.15, 0.2) is 0 Å². The van der Waals surface area contributed by atoms with Crippen molar-refractivity contribution in [3.05, 3.63) is 70.8 Å². The van der Waals surface area contributed by atoms with Crippen LogP contribution in [0.1, 0.15) is 47.9 Å². The van der Waals surface area contributed by atoms with Crippen LogP contribution in [-0.4, -0.2) is 10.2 Å². The van der Waals surface area contributed by atoms with E-state index in [-0.39, 0.29) is 13.2 Å². The molecule has 0 saturated heterocycles. The van der Waals surface area contributed by atoms with Gasteiger partial charge in [-0.1, -0.05) is 62.4 Å². The Morgan fingerprint density at radius 2 is 0.950 bits per heavy atom. The molecule has 0 aliphatic carbocycles. The Labute approximate surface area is 120 Å². The second kappa shape index (κ2) is 6.69. The van der Waals surface area contributed by atoms with E-state index < -0.39 is 0 Å². The number of aliphatic hydroxyl groups is 2. The summed E-state index contributed by atoms with van der Waals surface area (Å²) in [5, 5.41) is 18.2. The summed E-state index contributed by atoms with van der Waals surface area (Å²) in [4.78, 5) is 0. The number of hydrogen-bond donors (Lipinski definition) is 2. The maximum Gasteiger partial charge on any atom is 0.0681 e. The first kappa shape index (κ1) is 14.8. The van der Waals surface area contributed by atoms with E-state index in [4.69, 9.17) is 10.2 Å². The predicted octanol–water partition coefficient (Wildman–Crippen LogP) is 3.58. The third kappa shape index (κ3) is 3.27. The van der Waals surface area contributed by atoms with Crippen molar-refractivity contribution in [2.75, 3.05) is 0 Å². The molecule has 0 aromatic heterocycles. The first-order valence-electron chi connectivity index (χ1n) is 7.05. The molecule has 0 radical (unpaired) electrons. The van der Waals surface area contributed by atoms with Gasteiger partial charge in [-0.05, 0) is 34.1 Å². The van der Waals surface area contributed by atoms with Crippen LogP contribution in [0, 0.1) is 0 Å². The Hall–Kier alpha value is -1.64. The Bertz CT molecular complexity index is 477. The fourth-order valence-electron chi connectivity index (χ4n) is 2.43. The molecular weight excluding hydrogens is 248 g/mol. The molecule has 0 spiro atoms. The molecule has 0 bridgehead atoms. The van der Waals surface area contributed by atoms with Gasteiger partial charge in [0.1, 0.15) is 0 Å². The zero-order valence-electron chi connectivity index (χ0n) is 12.1. The molecule has 2 nitrogen and oxygen atoms in total. The summed E-state index contributed by atoms with van der Waals surface area (Å²) in [6.07, 6.45) is 0. The Morgan fingerprint density at radius 1 is 0.650 bits per heavy atom. The van der Waals surface area contributed by atoms with Gasteiger partial charge in [0.05, 0.1) is 13.2 Å². The molecule has 0 fully saturated rings. The molecule has 2 heteroatoms. The van der Waals surface area contributed by atoms with E-state index in [0.717, 1.165) is 11.1 Å². The highest BCUT2D eigenvalue weighted by molar-refractivity contribution is 5.31. The maximum absolute atomic E-state index is 9.08. The molecule has 0 aliphatic heterocycles. The van der Waals surface area contributed by atoms with Crippen molar-refractivity contribution >= 4 is 0 Å². The topological polar surface area (TPSA) is 40.5 Å². The molecule has 0 saturated carbocycles. The van der Waals surface area contributed by atoms with Gasteiger partial charge >= 0.3 is 0 Å². The van der Waals surface area contributed by atoms with Crippen molar-refractivity contribution in [2.24, 2.45) is 0 Å². The monoisotopic (exact) mass is 270 g/mol. The zero-order valence-corrected chi connectivity index (χ0v) is 12.1. The molecule has 2 atom stereocenters. The van der Waals surface area contributed by atoms with Gasteiger partial charge in [0.2, 0.25) is 0 Å². The minimum absolute atomic E-state index is 0.0901. The van der Waals surface area contributed by atoms with Gasteiger partial charge in [-0.2, -0.15) is 0 Å². The number of hydrogen-bond acceptors (Lipinski definition) is 2. The summed E-state index contributed by atoms with van der Waals surface area (Å²) < 4.78 is 0. The summed E-state index contributed by atoms with van der Waals surface area (Å²) in [5.74, 6) is 0.811. The molecule has 2 N–H and O–H groups in total. The fourth-order valence-corrected chi connectivity index (χ4v) is 2.43. The number of aliphatic hydroxyl groups excluding tert-OH is 2. The van der Waals surface area contributed by atoms with Gasteiger partial charge in [-0.25, -0.2) is 0 Å². The zero-order chi connectivity index (χ0) is 14.5. The lowest BCUT2D eigenvalue weighted by molar-refractivity contribution is 0.281. The van der Waals surface area contributed by atoms with Crippen LogP contribution >= 0.6 is 0 Å². The molecule has 2 rings (SSSR count). The minimum Gasteiger partial charge on any atom is -0.392 e. The van der Waals surface area contributed by atoms with Crippen LogP contribution in [0.5, 0.6) is 0 Å². The third-order valence-corrected chi connectivity index (χ3v) is 4.13. The molecule has 2 aromatic carbocycles. The van der Waals surface area contributed by atoms with Gasteiger partial charge in [0, 0.05) is 0 Å². The Morgan fingerprint density at radius 3 is 1.20 bits per heavy atom. The fraction of sp³-hybridized carbons (Fsp3) is 0.333. The number of rotatable bonds is 5. The normalized spacial score (nSPS) is 14.0. The van der Waals surface area contributed by atoms with Gasteiger partial charge in [0.25, 0.3) is 0 Å². The maximum atomic E-state index is 9.08. The summed E-state index contributed by atoms with van der Waals surface area (Å²) in [5.41, 5.74) is 4.45. The van der Waals surface area contributed by atoms with Crippen molar-refractivity contribution in [1.29, 1.82) is 0 Å². The van der Waals surface area contributed by atoms with Crippen LogP contribution < -0.4 is 0 Å². The van der Waals surface area contributed by atoms with E-state index in [1.54, 1.807) is 0 Å². The Balaban J connectivity index is 2.15. The van der Waals surface area contributed by atoms with Crippen LogP contribution in [0.2, 0.25) is 0 Å². The summed E-state index contributed by atoms with van der Waals surface area (Å²) in [6.45, 7) is 4.62. The van der Waals surface area contributed by atoms with Crippen molar-refractivity contribution in [3.63, 3.8) is 0 Å². The minimum atomic E-state index is 0.0901. The van der Waals surface area contributed by atoms with Crippen LogP contribution in [-0.2, 0) is 13.2 Å². The van der Waals surface area contributed by atoms with Gasteiger partial charge in [-0.15, -0.1) is 0 Å². The molecule has 2 aromatic rings.